The topological polar surface area (TPSA) is 65.8 Å². The maximum Gasteiger partial charge on any atom is 0.416 e. The fraction of sp³-hybridized carbons (Fsp3) is 0.308. The molecule has 0 saturated carbocycles. The largest absolute Gasteiger partial charge is 0.459 e. The Labute approximate surface area is 200 Å². The molecular formula is C26H24F3N3O3. The van der Waals surface area contributed by atoms with E-state index in [2.05, 4.69) is 5.32 Å². The van der Waals surface area contributed by atoms with Gasteiger partial charge in [-0.3, -0.25) is 9.59 Å². The van der Waals surface area contributed by atoms with Crippen LogP contribution in [0.3, 0.4) is 0 Å². The highest BCUT2D eigenvalue weighted by molar-refractivity contribution is 5.92. The number of piperazine rings is 1. The van der Waals surface area contributed by atoms with E-state index >= 15 is 0 Å². The van der Waals surface area contributed by atoms with Crippen LogP contribution in [0, 0.1) is 5.92 Å². The number of carbonyl (C=O) groups is 2. The minimum atomic E-state index is -4.47. The second kappa shape index (κ2) is 9.13. The van der Waals surface area contributed by atoms with Crippen molar-refractivity contribution in [3.63, 3.8) is 0 Å². The van der Waals surface area contributed by atoms with Crippen LogP contribution in [0.1, 0.15) is 27.2 Å². The van der Waals surface area contributed by atoms with E-state index in [0.29, 0.717) is 30.9 Å². The van der Waals surface area contributed by atoms with Gasteiger partial charge in [0, 0.05) is 31.9 Å². The highest BCUT2D eigenvalue weighted by atomic mass is 19.4. The maximum atomic E-state index is 13.4. The molecule has 2 unspecified atom stereocenters. The van der Waals surface area contributed by atoms with Crippen LogP contribution in [0.5, 0.6) is 0 Å². The highest BCUT2D eigenvalue weighted by Crippen LogP contribution is 2.40. The van der Waals surface area contributed by atoms with Gasteiger partial charge in [-0.1, -0.05) is 30.3 Å². The summed E-state index contributed by atoms with van der Waals surface area (Å²) >= 11 is 0. The Morgan fingerprint density at radius 1 is 1.03 bits per heavy atom. The summed E-state index contributed by atoms with van der Waals surface area (Å²) in [6, 6.07) is 16.0. The zero-order valence-corrected chi connectivity index (χ0v) is 18.8. The summed E-state index contributed by atoms with van der Waals surface area (Å²) in [4.78, 5) is 29.9. The van der Waals surface area contributed by atoms with Crippen LogP contribution in [0.2, 0.25) is 0 Å². The van der Waals surface area contributed by atoms with Gasteiger partial charge in [-0.05, 0) is 47.9 Å². The van der Waals surface area contributed by atoms with Gasteiger partial charge in [0.1, 0.15) is 0 Å². The Kier molecular flexibility index (Phi) is 6.00. The van der Waals surface area contributed by atoms with Crippen molar-refractivity contribution in [1.82, 2.24) is 10.2 Å². The molecule has 5 rings (SSSR count). The van der Waals surface area contributed by atoms with E-state index in [4.69, 9.17) is 4.42 Å². The van der Waals surface area contributed by atoms with Gasteiger partial charge in [0.2, 0.25) is 5.91 Å². The predicted molar refractivity (Wildman–Crippen MR) is 123 cm³/mol. The number of hydrogen-bond acceptors (Lipinski definition) is 4. The van der Waals surface area contributed by atoms with Crippen LogP contribution >= 0.6 is 0 Å². The number of hydrogen-bond donors (Lipinski definition) is 1. The van der Waals surface area contributed by atoms with E-state index in [1.807, 2.05) is 35.2 Å². The standard InChI is InChI=1S/C26H24F3N3O3/c27-26(28,29)19-8-9-21-18(13-19)14-20(24(33)30-15-17-5-2-1-3-6-17)22-16-31(10-11-32(21)22)25(34)23-7-4-12-35-23/h1-9,12-13,20,22H,10-11,14-16H2,(H,30,33). The van der Waals surface area contributed by atoms with Gasteiger partial charge in [-0.25, -0.2) is 0 Å². The molecule has 6 nitrogen and oxygen atoms in total. The Hall–Kier alpha value is -3.75. The Morgan fingerprint density at radius 2 is 1.83 bits per heavy atom. The van der Waals surface area contributed by atoms with Crippen molar-refractivity contribution in [1.29, 1.82) is 0 Å². The Morgan fingerprint density at radius 3 is 2.54 bits per heavy atom. The molecule has 2 aliphatic heterocycles. The molecule has 1 saturated heterocycles. The Bertz CT molecular complexity index is 1210. The monoisotopic (exact) mass is 483 g/mol. The zero-order valence-electron chi connectivity index (χ0n) is 18.8. The van der Waals surface area contributed by atoms with Gasteiger partial charge in [-0.2, -0.15) is 13.2 Å². The molecule has 182 valence electrons. The minimum absolute atomic E-state index is 0.157. The van der Waals surface area contributed by atoms with Crippen LogP contribution in [-0.2, 0) is 23.9 Å². The third-order valence-electron chi connectivity index (χ3n) is 6.70. The van der Waals surface area contributed by atoms with Crippen LogP contribution in [0.15, 0.2) is 71.3 Å². The molecule has 1 N–H and O–H groups in total. The molecular weight excluding hydrogens is 459 g/mol. The van der Waals surface area contributed by atoms with Crippen LogP contribution < -0.4 is 10.2 Å². The normalized spacial score (nSPS) is 19.6. The van der Waals surface area contributed by atoms with Crippen molar-refractivity contribution in [2.75, 3.05) is 24.5 Å². The summed E-state index contributed by atoms with van der Waals surface area (Å²) < 4.78 is 45.4. The SMILES string of the molecule is O=C(NCc1ccccc1)C1Cc2cc(C(F)(F)F)ccc2N2CCN(C(=O)c3ccco3)CC12. The second-order valence-corrected chi connectivity index (χ2v) is 8.84. The number of furan rings is 1. The first-order valence-electron chi connectivity index (χ1n) is 11.4. The predicted octanol–water partition coefficient (Wildman–Crippen LogP) is 4.12. The summed E-state index contributed by atoms with van der Waals surface area (Å²) in [5.74, 6) is -0.924. The number of amides is 2. The van der Waals surface area contributed by atoms with E-state index in [-0.39, 0.29) is 36.6 Å². The fourth-order valence-electron chi connectivity index (χ4n) is 4.96. The van der Waals surface area contributed by atoms with Crippen molar-refractivity contribution in [2.24, 2.45) is 5.92 Å². The molecule has 3 heterocycles. The number of alkyl halides is 3. The number of benzene rings is 2. The first-order chi connectivity index (χ1) is 16.8. The van der Waals surface area contributed by atoms with Gasteiger partial charge >= 0.3 is 6.18 Å². The molecule has 2 aliphatic rings. The minimum Gasteiger partial charge on any atom is -0.459 e. The molecule has 0 aliphatic carbocycles. The average molecular weight is 483 g/mol. The number of fused-ring (bicyclic) bond motifs is 3. The van der Waals surface area contributed by atoms with Crippen molar-refractivity contribution < 1.29 is 27.2 Å². The summed E-state index contributed by atoms with van der Waals surface area (Å²) in [5, 5.41) is 2.94. The van der Waals surface area contributed by atoms with Gasteiger partial charge in [0.05, 0.1) is 23.8 Å². The molecule has 35 heavy (non-hydrogen) atoms. The number of rotatable bonds is 4. The molecule has 9 heteroatoms. The molecule has 1 aromatic heterocycles. The van der Waals surface area contributed by atoms with Gasteiger partial charge in [0.25, 0.3) is 5.91 Å². The van der Waals surface area contributed by atoms with Crippen LogP contribution in [0.25, 0.3) is 0 Å². The summed E-state index contributed by atoms with van der Waals surface area (Å²) in [6.45, 7) is 1.35. The molecule has 2 aromatic carbocycles. The molecule has 0 spiro atoms. The van der Waals surface area contributed by atoms with E-state index in [1.165, 1.54) is 12.3 Å². The third kappa shape index (κ3) is 4.62. The Balaban J connectivity index is 1.43. The molecule has 2 amide bonds. The third-order valence-corrected chi connectivity index (χ3v) is 6.70. The van der Waals surface area contributed by atoms with Crippen molar-refractivity contribution in [3.8, 4) is 0 Å². The lowest BCUT2D eigenvalue weighted by Crippen LogP contribution is -2.62. The van der Waals surface area contributed by atoms with Crippen molar-refractivity contribution in [3.05, 3.63) is 89.4 Å². The average Bonchev–Trinajstić information content (AvgIpc) is 3.41. The lowest BCUT2D eigenvalue weighted by atomic mass is 9.82. The summed E-state index contributed by atoms with van der Waals surface area (Å²) in [6.07, 6.45) is -2.88. The van der Waals surface area contributed by atoms with E-state index in [0.717, 1.165) is 17.7 Å². The number of halogens is 3. The smallest absolute Gasteiger partial charge is 0.416 e. The van der Waals surface area contributed by atoms with Gasteiger partial charge < -0.3 is 19.5 Å². The summed E-state index contributed by atoms with van der Waals surface area (Å²) in [7, 11) is 0. The molecule has 2 atom stereocenters. The van der Waals surface area contributed by atoms with Gasteiger partial charge in [-0.15, -0.1) is 0 Å². The quantitative estimate of drug-likeness (QED) is 0.607. The first kappa shape index (κ1) is 23.0. The maximum absolute atomic E-state index is 13.4. The number of nitrogens with one attached hydrogen (secondary N) is 1. The highest BCUT2D eigenvalue weighted by Gasteiger charge is 2.43. The van der Waals surface area contributed by atoms with E-state index < -0.39 is 17.7 Å². The van der Waals surface area contributed by atoms with E-state index in [9.17, 15) is 22.8 Å². The summed E-state index contributed by atoms with van der Waals surface area (Å²) in [5.41, 5.74) is 1.36. The number of carbonyl (C=O) groups excluding carboxylic acids is 2. The lowest BCUT2D eigenvalue weighted by molar-refractivity contribution is -0.137. The zero-order chi connectivity index (χ0) is 24.6. The van der Waals surface area contributed by atoms with Gasteiger partial charge in [0.15, 0.2) is 5.76 Å². The van der Waals surface area contributed by atoms with Crippen LogP contribution in [0.4, 0.5) is 18.9 Å². The molecule has 3 aromatic rings. The number of nitrogens with zero attached hydrogens (tertiary/aromatic N) is 2. The lowest BCUT2D eigenvalue weighted by Gasteiger charge is -2.49. The first-order valence-corrected chi connectivity index (χ1v) is 11.4. The second-order valence-electron chi connectivity index (χ2n) is 8.84. The molecule has 1 fully saturated rings. The van der Waals surface area contributed by atoms with Crippen molar-refractivity contribution >= 4 is 17.5 Å². The fourth-order valence-corrected chi connectivity index (χ4v) is 4.96. The van der Waals surface area contributed by atoms with Crippen LogP contribution in [-0.4, -0.2) is 42.4 Å². The molecule has 0 bridgehead atoms. The number of anilines is 1. The van der Waals surface area contributed by atoms with Crippen molar-refractivity contribution in [2.45, 2.75) is 25.2 Å². The van der Waals surface area contributed by atoms with E-state index in [1.54, 1.807) is 17.0 Å². The molecule has 0 radical (unpaired) electrons.